The van der Waals surface area contributed by atoms with Gasteiger partial charge in [0.05, 0.1) is 11.8 Å². The number of aliphatic carboxylic acids is 2. The van der Waals surface area contributed by atoms with Crippen molar-refractivity contribution in [2.24, 2.45) is 23.7 Å². The van der Waals surface area contributed by atoms with Gasteiger partial charge in [-0.3, -0.25) is 9.59 Å². The van der Waals surface area contributed by atoms with Crippen molar-refractivity contribution in [3.8, 4) is 0 Å². The van der Waals surface area contributed by atoms with E-state index in [1.165, 1.54) is 12.8 Å². The second kappa shape index (κ2) is 13.6. The van der Waals surface area contributed by atoms with Crippen molar-refractivity contribution < 1.29 is 24.5 Å². The summed E-state index contributed by atoms with van der Waals surface area (Å²) in [7, 11) is 0. The van der Waals surface area contributed by atoms with Crippen LogP contribution in [0.1, 0.15) is 60.8 Å². The molecule has 2 atom stereocenters. The van der Waals surface area contributed by atoms with E-state index >= 15 is 0 Å². The van der Waals surface area contributed by atoms with E-state index in [-0.39, 0.29) is 23.7 Å². The summed E-state index contributed by atoms with van der Waals surface area (Å²) in [5, 5.41) is 16.9. The van der Waals surface area contributed by atoms with Crippen molar-refractivity contribution in [1.29, 1.82) is 0 Å². The molecule has 0 amide bonds. The minimum Gasteiger partial charge on any atom is -0.481 e. The van der Waals surface area contributed by atoms with Crippen LogP contribution in [0.5, 0.6) is 0 Å². The summed E-state index contributed by atoms with van der Waals surface area (Å²) in [5.74, 6) is -1.26. The zero-order valence-corrected chi connectivity index (χ0v) is 15.0. The molecule has 0 aliphatic carbocycles. The van der Waals surface area contributed by atoms with Gasteiger partial charge in [-0.25, -0.2) is 0 Å². The van der Waals surface area contributed by atoms with Gasteiger partial charge >= 0.3 is 11.9 Å². The van der Waals surface area contributed by atoms with Crippen LogP contribution in [-0.4, -0.2) is 35.4 Å². The lowest BCUT2D eigenvalue weighted by molar-refractivity contribution is -0.144. The molecule has 0 aromatic carbocycles. The summed E-state index contributed by atoms with van der Waals surface area (Å²) in [6, 6.07) is 0. The predicted octanol–water partition coefficient (Wildman–Crippen LogP) is 3.91. The van der Waals surface area contributed by atoms with E-state index < -0.39 is 11.9 Å². The van der Waals surface area contributed by atoms with Crippen LogP contribution in [0.4, 0.5) is 0 Å². The minimum absolute atomic E-state index is 0.162. The molecule has 5 heteroatoms. The Morgan fingerprint density at radius 2 is 1.36 bits per heavy atom. The highest BCUT2D eigenvalue weighted by Crippen LogP contribution is 2.13. The topological polar surface area (TPSA) is 83.8 Å². The summed E-state index contributed by atoms with van der Waals surface area (Å²) >= 11 is 0. The lowest BCUT2D eigenvalue weighted by Crippen LogP contribution is -2.18. The second-order valence-electron chi connectivity index (χ2n) is 6.29. The molecule has 132 valence electrons. The van der Waals surface area contributed by atoms with Crippen molar-refractivity contribution in [1.82, 2.24) is 0 Å². The first-order chi connectivity index (χ1) is 10.1. The van der Waals surface area contributed by atoms with E-state index in [0.717, 1.165) is 19.6 Å². The fourth-order valence-electron chi connectivity index (χ4n) is 1.73. The number of hydrogen-bond acceptors (Lipinski definition) is 3. The molecule has 2 N–H and O–H groups in total. The van der Waals surface area contributed by atoms with Crippen LogP contribution in [0, 0.1) is 23.7 Å². The molecule has 0 aromatic rings. The van der Waals surface area contributed by atoms with Gasteiger partial charge in [0.15, 0.2) is 0 Å². The standard InChI is InChI=1S/C7H14O2.C6H12O2.C4H8O/c1-4-6(5(2)3)7(8)9;1-4(2)5(3)6(7)8;1-2-4-5-3-1/h5-6H,4H2,1-3H3,(H,8,9);4-5H,1-3H3,(H,7,8);1-4H2/t6-;5-;/m00./s1. The molecule has 1 rings (SSSR count). The van der Waals surface area contributed by atoms with Crippen LogP contribution < -0.4 is 0 Å². The molecule has 0 unspecified atom stereocenters. The number of carboxylic acids is 2. The first-order valence-electron chi connectivity index (χ1n) is 8.18. The van der Waals surface area contributed by atoms with Gasteiger partial charge in [0, 0.05) is 13.2 Å². The third-order valence-corrected chi connectivity index (χ3v) is 3.78. The normalized spacial score (nSPS) is 16.2. The van der Waals surface area contributed by atoms with Gasteiger partial charge in [-0.1, -0.05) is 41.5 Å². The summed E-state index contributed by atoms with van der Waals surface area (Å²) in [6.45, 7) is 13.3. The summed E-state index contributed by atoms with van der Waals surface area (Å²) in [6.07, 6.45) is 3.28. The highest BCUT2D eigenvalue weighted by atomic mass is 16.5. The van der Waals surface area contributed by atoms with E-state index in [2.05, 4.69) is 0 Å². The molecule has 0 spiro atoms. The Kier molecular flexibility index (Phi) is 14.3. The van der Waals surface area contributed by atoms with Crippen LogP contribution in [0.3, 0.4) is 0 Å². The van der Waals surface area contributed by atoms with Crippen LogP contribution in [0.15, 0.2) is 0 Å². The van der Waals surface area contributed by atoms with Crippen molar-refractivity contribution >= 4 is 11.9 Å². The summed E-state index contributed by atoms with van der Waals surface area (Å²) in [4.78, 5) is 20.5. The van der Waals surface area contributed by atoms with Gasteiger partial charge < -0.3 is 14.9 Å². The lowest BCUT2D eigenvalue weighted by atomic mass is 9.94. The highest BCUT2D eigenvalue weighted by Gasteiger charge is 2.18. The Morgan fingerprint density at radius 3 is 1.41 bits per heavy atom. The molecule has 0 saturated carbocycles. The number of carboxylic acid groups (broad SMARTS) is 2. The van der Waals surface area contributed by atoms with Crippen molar-refractivity contribution in [3.05, 3.63) is 0 Å². The van der Waals surface area contributed by atoms with E-state index in [4.69, 9.17) is 14.9 Å². The first kappa shape index (κ1) is 23.2. The molecular weight excluding hydrogens is 284 g/mol. The molecular formula is C17H34O5. The van der Waals surface area contributed by atoms with Crippen LogP contribution in [-0.2, 0) is 14.3 Å². The van der Waals surface area contributed by atoms with E-state index in [9.17, 15) is 9.59 Å². The van der Waals surface area contributed by atoms with Gasteiger partial charge in [0.1, 0.15) is 0 Å². The van der Waals surface area contributed by atoms with Gasteiger partial charge in [-0.05, 0) is 31.1 Å². The van der Waals surface area contributed by atoms with Crippen LogP contribution in [0.25, 0.3) is 0 Å². The van der Waals surface area contributed by atoms with Gasteiger partial charge in [-0.2, -0.15) is 0 Å². The molecule has 1 heterocycles. The Bertz CT molecular complexity index is 288. The van der Waals surface area contributed by atoms with Gasteiger partial charge in [0.2, 0.25) is 0 Å². The maximum absolute atomic E-state index is 10.4. The molecule has 1 saturated heterocycles. The largest absolute Gasteiger partial charge is 0.481 e. The quantitative estimate of drug-likeness (QED) is 0.803. The lowest BCUT2D eigenvalue weighted by Gasteiger charge is -2.12. The minimum atomic E-state index is -0.708. The number of hydrogen-bond donors (Lipinski definition) is 2. The zero-order chi connectivity index (χ0) is 17.7. The third kappa shape index (κ3) is 12.6. The Labute approximate surface area is 135 Å². The fraction of sp³-hybridized carbons (Fsp3) is 0.882. The third-order valence-electron chi connectivity index (χ3n) is 3.78. The van der Waals surface area contributed by atoms with Crippen LogP contribution in [0.2, 0.25) is 0 Å². The number of ether oxygens (including phenoxy) is 1. The van der Waals surface area contributed by atoms with E-state index in [0.29, 0.717) is 0 Å². The zero-order valence-electron chi connectivity index (χ0n) is 15.0. The Morgan fingerprint density at radius 1 is 0.909 bits per heavy atom. The number of rotatable bonds is 5. The summed E-state index contributed by atoms with van der Waals surface area (Å²) < 4.78 is 4.94. The molecule has 0 aromatic heterocycles. The molecule has 5 nitrogen and oxygen atoms in total. The van der Waals surface area contributed by atoms with Gasteiger partial charge in [-0.15, -0.1) is 0 Å². The van der Waals surface area contributed by atoms with Crippen molar-refractivity contribution in [2.75, 3.05) is 13.2 Å². The maximum atomic E-state index is 10.4. The molecule has 22 heavy (non-hydrogen) atoms. The molecule has 1 aliphatic rings. The second-order valence-corrected chi connectivity index (χ2v) is 6.29. The molecule has 1 fully saturated rings. The average molecular weight is 318 g/mol. The Balaban J connectivity index is 0. The maximum Gasteiger partial charge on any atom is 0.306 e. The predicted molar refractivity (Wildman–Crippen MR) is 87.9 cm³/mol. The molecule has 1 aliphatic heterocycles. The van der Waals surface area contributed by atoms with Gasteiger partial charge in [0.25, 0.3) is 0 Å². The smallest absolute Gasteiger partial charge is 0.306 e. The molecule has 0 radical (unpaired) electrons. The molecule has 0 bridgehead atoms. The Hall–Kier alpha value is -1.10. The van der Waals surface area contributed by atoms with E-state index in [1.807, 2.05) is 34.6 Å². The van der Waals surface area contributed by atoms with Crippen LogP contribution >= 0.6 is 0 Å². The fourth-order valence-corrected chi connectivity index (χ4v) is 1.73. The monoisotopic (exact) mass is 318 g/mol. The SMILES string of the molecule is C1CCOC1.CC(C)[C@H](C)C(=O)O.CC[C@H](C(=O)O)C(C)C. The highest BCUT2D eigenvalue weighted by molar-refractivity contribution is 5.70. The first-order valence-corrected chi connectivity index (χ1v) is 8.18. The van der Waals surface area contributed by atoms with Crippen molar-refractivity contribution in [3.63, 3.8) is 0 Å². The van der Waals surface area contributed by atoms with Crippen molar-refractivity contribution in [2.45, 2.75) is 60.8 Å². The number of carbonyl (C=O) groups is 2. The summed E-state index contributed by atoms with van der Waals surface area (Å²) in [5.41, 5.74) is 0. The average Bonchev–Trinajstić information content (AvgIpc) is 2.97. The van der Waals surface area contributed by atoms with E-state index in [1.54, 1.807) is 6.92 Å².